The first-order valence-electron chi connectivity index (χ1n) is 11.8. The van der Waals surface area contributed by atoms with Crippen LogP contribution in [0.3, 0.4) is 0 Å². The number of aromatic nitrogens is 1. The van der Waals surface area contributed by atoms with Crippen molar-refractivity contribution < 1.29 is 4.57 Å². The van der Waals surface area contributed by atoms with Crippen molar-refractivity contribution in [1.29, 1.82) is 0 Å². The van der Waals surface area contributed by atoms with Gasteiger partial charge in [-0.05, 0) is 73.0 Å². The highest BCUT2D eigenvalue weighted by molar-refractivity contribution is 6.89. The van der Waals surface area contributed by atoms with E-state index in [1.807, 2.05) is 0 Å². The molecule has 0 bridgehead atoms. The number of nitrogens with zero attached hydrogens (tertiary/aromatic N) is 1. The highest BCUT2D eigenvalue weighted by Crippen LogP contribution is 2.32. The quantitative estimate of drug-likeness (QED) is 0.247. The molecule has 0 aliphatic carbocycles. The van der Waals surface area contributed by atoms with E-state index in [0.717, 1.165) is 6.42 Å². The number of hydrogen-bond donors (Lipinski definition) is 0. The van der Waals surface area contributed by atoms with E-state index < -0.39 is 8.07 Å². The predicted molar refractivity (Wildman–Crippen MR) is 141 cm³/mol. The molecular weight excluding hydrogens is 402 g/mol. The Morgan fingerprint density at radius 3 is 2.22 bits per heavy atom. The summed E-state index contributed by atoms with van der Waals surface area (Å²) in [5.41, 5.74) is 9.84. The van der Waals surface area contributed by atoms with Crippen molar-refractivity contribution in [3.63, 3.8) is 0 Å². The molecule has 1 heterocycles. The van der Waals surface area contributed by atoms with Crippen molar-refractivity contribution in [1.82, 2.24) is 0 Å². The Labute approximate surface area is 194 Å². The molecule has 0 N–H and O–H groups in total. The van der Waals surface area contributed by atoms with E-state index in [1.165, 1.54) is 61.1 Å². The second kappa shape index (κ2) is 8.67. The lowest BCUT2D eigenvalue weighted by atomic mass is 9.90. The van der Waals surface area contributed by atoms with Gasteiger partial charge in [0.25, 0.3) is 0 Å². The normalized spacial score (nSPS) is 11.8. The van der Waals surface area contributed by atoms with Crippen LogP contribution in [0, 0.1) is 20.8 Å². The molecule has 0 radical (unpaired) electrons. The van der Waals surface area contributed by atoms with Gasteiger partial charge in [-0.2, -0.15) is 0 Å². The molecule has 0 atom stereocenters. The van der Waals surface area contributed by atoms with E-state index in [-0.39, 0.29) is 0 Å². The summed E-state index contributed by atoms with van der Waals surface area (Å²) >= 11 is 0. The van der Waals surface area contributed by atoms with E-state index in [2.05, 4.69) is 119 Å². The van der Waals surface area contributed by atoms with Crippen molar-refractivity contribution >= 4 is 24.0 Å². The number of benzene rings is 3. The summed E-state index contributed by atoms with van der Waals surface area (Å²) < 4.78 is 2.30. The molecular formula is C30H36NSi+. The SMILES string of the molecule is CCc1cc(-c2c3ccc([Si](C)(C)Cc4ccccc4)cc3cc[n+]2C)c(C)c(C)c1C. The lowest BCUT2D eigenvalue weighted by molar-refractivity contribution is -0.659. The minimum atomic E-state index is -1.60. The Balaban J connectivity index is 1.85. The summed E-state index contributed by atoms with van der Waals surface area (Å²) in [6.45, 7) is 14.1. The molecule has 3 aromatic carbocycles. The van der Waals surface area contributed by atoms with Crippen LogP contribution in [-0.4, -0.2) is 8.07 Å². The van der Waals surface area contributed by atoms with E-state index in [0.29, 0.717) is 0 Å². The summed E-state index contributed by atoms with van der Waals surface area (Å²) in [5, 5.41) is 4.22. The Kier molecular flexibility index (Phi) is 6.09. The summed E-state index contributed by atoms with van der Waals surface area (Å²) in [5.74, 6) is 0. The largest absolute Gasteiger partial charge is 0.220 e. The topological polar surface area (TPSA) is 3.88 Å². The second-order valence-corrected chi connectivity index (χ2v) is 14.6. The summed E-state index contributed by atoms with van der Waals surface area (Å²) in [4.78, 5) is 0. The third kappa shape index (κ3) is 4.04. The zero-order chi connectivity index (χ0) is 23.0. The summed E-state index contributed by atoms with van der Waals surface area (Å²) in [6.07, 6.45) is 3.30. The average molecular weight is 439 g/mol. The van der Waals surface area contributed by atoms with Crippen LogP contribution >= 0.6 is 0 Å². The molecule has 4 rings (SSSR count). The van der Waals surface area contributed by atoms with E-state index in [4.69, 9.17) is 0 Å². The van der Waals surface area contributed by atoms with Gasteiger partial charge < -0.3 is 0 Å². The van der Waals surface area contributed by atoms with Crippen LogP contribution in [-0.2, 0) is 19.5 Å². The first kappa shape index (κ1) is 22.5. The molecule has 0 unspecified atom stereocenters. The van der Waals surface area contributed by atoms with Gasteiger partial charge >= 0.3 is 0 Å². The van der Waals surface area contributed by atoms with Crippen molar-refractivity contribution in [2.75, 3.05) is 0 Å². The minimum Gasteiger partial charge on any atom is -0.200 e. The maximum absolute atomic E-state index is 2.49. The maximum Gasteiger partial charge on any atom is 0.220 e. The smallest absolute Gasteiger partial charge is 0.200 e. The molecule has 0 saturated heterocycles. The van der Waals surface area contributed by atoms with Crippen molar-refractivity contribution in [3.8, 4) is 11.3 Å². The summed E-state index contributed by atoms with van der Waals surface area (Å²) in [6, 6.07) is 24.1. The van der Waals surface area contributed by atoms with Crippen LogP contribution in [0.25, 0.3) is 22.0 Å². The fourth-order valence-electron chi connectivity index (χ4n) is 5.07. The van der Waals surface area contributed by atoms with Crippen LogP contribution < -0.4 is 9.75 Å². The lowest BCUT2D eigenvalue weighted by Gasteiger charge is -2.24. The van der Waals surface area contributed by atoms with Gasteiger partial charge in [-0.3, -0.25) is 0 Å². The van der Waals surface area contributed by atoms with Crippen molar-refractivity contribution in [3.05, 3.63) is 94.7 Å². The van der Waals surface area contributed by atoms with E-state index >= 15 is 0 Å². The number of fused-ring (bicyclic) bond motifs is 1. The van der Waals surface area contributed by atoms with Gasteiger partial charge in [0.1, 0.15) is 7.05 Å². The average Bonchev–Trinajstić information content (AvgIpc) is 2.78. The van der Waals surface area contributed by atoms with Gasteiger partial charge in [0.2, 0.25) is 5.69 Å². The number of hydrogen-bond acceptors (Lipinski definition) is 0. The molecule has 0 fully saturated rings. The molecule has 1 aromatic heterocycles. The molecule has 32 heavy (non-hydrogen) atoms. The first-order chi connectivity index (χ1) is 15.2. The third-order valence-corrected chi connectivity index (χ3v) is 10.5. The fraction of sp³-hybridized carbons (Fsp3) is 0.300. The highest BCUT2D eigenvalue weighted by atomic mass is 28.3. The second-order valence-electron chi connectivity index (χ2n) is 9.94. The monoisotopic (exact) mass is 438 g/mol. The molecule has 0 spiro atoms. The van der Waals surface area contributed by atoms with Gasteiger partial charge in [0, 0.05) is 6.07 Å². The van der Waals surface area contributed by atoms with Crippen LogP contribution in [0.2, 0.25) is 13.1 Å². The Bertz CT molecular complexity index is 1290. The van der Waals surface area contributed by atoms with Gasteiger partial charge in [-0.1, -0.05) is 73.2 Å². The van der Waals surface area contributed by atoms with Gasteiger partial charge in [0.05, 0.1) is 19.0 Å². The molecule has 4 aromatic rings. The lowest BCUT2D eigenvalue weighted by Crippen LogP contribution is -2.44. The zero-order valence-corrected chi connectivity index (χ0v) is 21.7. The zero-order valence-electron chi connectivity index (χ0n) is 20.7. The van der Waals surface area contributed by atoms with Crippen LogP contribution in [0.15, 0.2) is 66.9 Å². The number of aryl methyl sites for hydroxylation is 2. The maximum atomic E-state index is 2.49. The van der Waals surface area contributed by atoms with Crippen molar-refractivity contribution in [2.24, 2.45) is 7.05 Å². The minimum absolute atomic E-state index is 1.07. The number of rotatable bonds is 5. The Morgan fingerprint density at radius 2 is 1.53 bits per heavy atom. The Hall–Kier alpha value is -2.71. The highest BCUT2D eigenvalue weighted by Gasteiger charge is 2.26. The predicted octanol–water partition coefficient (Wildman–Crippen LogP) is 6.52. The molecule has 0 amide bonds. The number of pyridine rings is 1. The van der Waals surface area contributed by atoms with Crippen LogP contribution in [0.4, 0.5) is 0 Å². The molecule has 1 nitrogen and oxygen atoms in total. The molecule has 0 aliphatic rings. The Morgan fingerprint density at radius 1 is 0.812 bits per heavy atom. The summed E-state index contributed by atoms with van der Waals surface area (Å²) in [7, 11) is 0.581. The van der Waals surface area contributed by atoms with Gasteiger partial charge in [-0.15, -0.1) is 0 Å². The third-order valence-electron chi connectivity index (χ3n) is 7.37. The molecule has 0 saturated carbocycles. The van der Waals surface area contributed by atoms with Crippen molar-refractivity contribution in [2.45, 2.75) is 53.3 Å². The molecule has 0 aliphatic heterocycles. The molecule has 2 heteroatoms. The van der Waals surface area contributed by atoms with Crippen LogP contribution in [0.1, 0.15) is 34.7 Å². The van der Waals surface area contributed by atoms with E-state index in [1.54, 1.807) is 0 Å². The molecule has 164 valence electrons. The van der Waals surface area contributed by atoms with Crippen LogP contribution in [0.5, 0.6) is 0 Å². The van der Waals surface area contributed by atoms with Gasteiger partial charge in [-0.25, -0.2) is 4.57 Å². The standard InChI is InChI=1S/C30H36NSi/c1-8-25-19-29(23(4)21(2)22(25)3)30-28-15-14-27(18-26(28)16-17-31(30)5)32(6,7)20-24-12-10-9-11-13-24/h9-19H,8,20H2,1-7H3/q+1. The van der Waals surface area contributed by atoms with Gasteiger partial charge in [0.15, 0.2) is 6.20 Å². The van der Waals surface area contributed by atoms with E-state index in [9.17, 15) is 0 Å². The first-order valence-corrected chi connectivity index (χ1v) is 15.0. The fourth-order valence-corrected chi connectivity index (χ4v) is 7.61.